The van der Waals surface area contributed by atoms with Crippen LogP contribution in [0, 0.1) is 25.2 Å². The molecule has 4 aromatic heterocycles. The topological polar surface area (TPSA) is 151 Å². The molecule has 40 heavy (non-hydrogen) atoms. The van der Waals surface area contributed by atoms with Gasteiger partial charge in [0.1, 0.15) is 24.3 Å². The molecule has 0 atom stereocenters. The van der Waals surface area contributed by atoms with Gasteiger partial charge in [-0.3, -0.25) is 19.3 Å². The van der Waals surface area contributed by atoms with Crippen LogP contribution in [0.2, 0.25) is 5.02 Å². The van der Waals surface area contributed by atoms with E-state index >= 15 is 0 Å². The molecule has 1 aromatic carbocycles. The summed E-state index contributed by atoms with van der Waals surface area (Å²) < 4.78 is 8.28. The zero-order valence-corrected chi connectivity index (χ0v) is 23.0. The molecule has 0 fully saturated rings. The smallest absolute Gasteiger partial charge is 0.338 e. The van der Waals surface area contributed by atoms with E-state index in [1.807, 2.05) is 12.1 Å². The van der Waals surface area contributed by atoms with Crippen LogP contribution in [-0.2, 0) is 13.0 Å². The quantitative estimate of drug-likeness (QED) is 0.272. The molecule has 0 unspecified atom stereocenters. The maximum absolute atomic E-state index is 13.5. The third kappa shape index (κ3) is 4.88. The molecule has 12 heteroatoms. The molecule has 0 amide bonds. The van der Waals surface area contributed by atoms with Crippen molar-refractivity contribution in [3.8, 4) is 22.9 Å². The largest absolute Gasteiger partial charge is 0.491 e. The molecule has 5 rings (SSSR count). The molecular weight excluding hydrogens is 554 g/mol. The van der Waals surface area contributed by atoms with E-state index in [2.05, 4.69) is 15.0 Å². The van der Waals surface area contributed by atoms with E-state index in [1.165, 1.54) is 22.1 Å². The van der Waals surface area contributed by atoms with Crippen molar-refractivity contribution in [3.63, 3.8) is 0 Å². The Bertz CT molecular complexity index is 1910. The summed E-state index contributed by atoms with van der Waals surface area (Å²) in [6.45, 7) is 3.51. The monoisotopic (exact) mass is 575 g/mol. The first-order valence-corrected chi connectivity index (χ1v) is 13.4. The van der Waals surface area contributed by atoms with Crippen LogP contribution in [0.5, 0.6) is 5.75 Å². The molecule has 10 nitrogen and oxygen atoms in total. The second-order valence-corrected chi connectivity index (χ2v) is 10.3. The number of ether oxygens (including phenoxy) is 1. The predicted molar refractivity (Wildman–Crippen MR) is 151 cm³/mol. The molecule has 0 aliphatic rings. The highest BCUT2D eigenvalue weighted by atomic mass is 35.5. The molecule has 0 aliphatic heterocycles. The number of aryl methyl sites for hydroxylation is 2. The SMILES string of the molecule is Cc1cc(-c2cc(Cl)ccc2OCCn2c(C)nc3cnc(CCO)c(C#N)c3c2=O)c2scc(C(=O)O)c2n1. The summed E-state index contributed by atoms with van der Waals surface area (Å²) in [7, 11) is 0. The van der Waals surface area contributed by atoms with Gasteiger partial charge in [-0.15, -0.1) is 11.3 Å². The first-order chi connectivity index (χ1) is 19.2. The second-order valence-electron chi connectivity index (χ2n) is 8.97. The Hall–Kier alpha value is -4.37. The third-order valence-electron chi connectivity index (χ3n) is 6.42. The lowest BCUT2D eigenvalue weighted by Crippen LogP contribution is -2.27. The Labute approximate surface area is 236 Å². The number of nitrogens with zero attached hydrogens (tertiary/aromatic N) is 5. The molecule has 5 aromatic rings. The van der Waals surface area contributed by atoms with Crippen molar-refractivity contribution < 1.29 is 19.7 Å². The van der Waals surface area contributed by atoms with Crippen LogP contribution in [-0.4, -0.2) is 48.9 Å². The van der Waals surface area contributed by atoms with Crippen molar-refractivity contribution in [3.05, 3.63) is 79.6 Å². The number of aliphatic hydroxyl groups is 1. The van der Waals surface area contributed by atoms with Gasteiger partial charge >= 0.3 is 5.97 Å². The Balaban J connectivity index is 1.51. The highest BCUT2D eigenvalue weighted by molar-refractivity contribution is 7.18. The molecule has 2 N–H and O–H groups in total. The number of aliphatic hydroxyl groups excluding tert-OH is 1. The maximum atomic E-state index is 13.5. The number of hydrogen-bond donors (Lipinski definition) is 2. The van der Waals surface area contributed by atoms with Crippen molar-refractivity contribution in [2.75, 3.05) is 13.2 Å². The molecule has 4 heterocycles. The molecule has 0 spiro atoms. The van der Waals surface area contributed by atoms with Gasteiger partial charge < -0.3 is 14.9 Å². The minimum Gasteiger partial charge on any atom is -0.491 e. The number of carbonyl (C=O) groups is 1. The van der Waals surface area contributed by atoms with Gasteiger partial charge in [0.05, 0.1) is 50.7 Å². The van der Waals surface area contributed by atoms with E-state index in [4.69, 9.17) is 16.3 Å². The van der Waals surface area contributed by atoms with E-state index in [0.717, 1.165) is 5.56 Å². The highest BCUT2D eigenvalue weighted by Crippen LogP contribution is 2.40. The zero-order chi connectivity index (χ0) is 28.6. The second kappa shape index (κ2) is 11.0. The van der Waals surface area contributed by atoms with Crippen LogP contribution < -0.4 is 10.3 Å². The standard InChI is InChI=1S/C28H22ClN5O5S/c1-14-9-18(26-25(32-14)20(13-40-26)28(37)38)17-10-16(29)3-4-23(17)39-8-6-34-15(2)33-22-12-31-21(5-7-35)19(11-30)24(22)27(34)36/h3-4,9-10,12-13,35H,5-8H2,1-2H3,(H,37,38). The number of carboxylic acid groups (broad SMARTS) is 1. The average molecular weight is 576 g/mol. The van der Waals surface area contributed by atoms with Gasteiger partial charge in [0, 0.05) is 40.3 Å². The van der Waals surface area contributed by atoms with Gasteiger partial charge in [-0.05, 0) is 38.1 Å². The van der Waals surface area contributed by atoms with Gasteiger partial charge in [-0.1, -0.05) is 11.6 Å². The number of carboxylic acids is 1. The lowest BCUT2D eigenvalue weighted by molar-refractivity contribution is 0.0699. The van der Waals surface area contributed by atoms with Crippen molar-refractivity contribution in [1.82, 2.24) is 19.5 Å². The van der Waals surface area contributed by atoms with Gasteiger partial charge in [-0.2, -0.15) is 5.26 Å². The number of nitriles is 1. The molecule has 0 radical (unpaired) electrons. The molecular formula is C28H22ClN5O5S. The summed E-state index contributed by atoms with van der Waals surface area (Å²) in [5.74, 6) is -0.126. The van der Waals surface area contributed by atoms with E-state index in [0.29, 0.717) is 49.3 Å². The Kier molecular flexibility index (Phi) is 7.49. The molecule has 202 valence electrons. The van der Waals surface area contributed by atoms with Crippen LogP contribution in [0.4, 0.5) is 0 Å². The van der Waals surface area contributed by atoms with E-state index < -0.39 is 11.5 Å². The van der Waals surface area contributed by atoms with Crippen LogP contribution in [0.15, 0.2) is 40.6 Å². The van der Waals surface area contributed by atoms with Crippen molar-refractivity contribution in [1.29, 1.82) is 5.26 Å². The van der Waals surface area contributed by atoms with E-state index in [1.54, 1.807) is 37.4 Å². The van der Waals surface area contributed by atoms with Gasteiger partial charge in [0.25, 0.3) is 5.56 Å². The summed E-state index contributed by atoms with van der Waals surface area (Å²) in [4.78, 5) is 38.3. The summed E-state index contributed by atoms with van der Waals surface area (Å²) in [5, 5.41) is 30.8. The summed E-state index contributed by atoms with van der Waals surface area (Å²) in [5.41, 5.74) is 2.92. The van der Waals surface area contributed by atoms with Gasteiger partial charge in [0.15, 0.2) is 0 Å². The third-order valence-corrected chi connectivity index (χ3v) is 7.65. The summed E-state index contributed by atoms with van der Waals surface area (Å²) in [6, 6.07) is 9.05. The van der Waals surface area contributed by atoms with Crippen molar-refractivity contribution >= 4 is 50.0 Å². The Morgan fingerprint density at radius 2 is 2.02 bits per heavy atom. The highest BCUT2D eigenvalue weighted by Gasteiger charge is 2.20. The van der Waals surface area contributed by atoms with Crippen molar-refractivity contribution in [2.24, 2.45) is 0 Å². The van der Waals surface area contributed by atoms with Crippen molar-refractivity contribution in [2.45, 2.75) is 26.8 Å². The number of pyridine rings is 2. The Morgan fingerprint density at radius 1 is 1.23 bits per heavy atom. The van der Waals surface area contributed by atoms with Crippen LogP contribution >= 0.6 is 22.9 Å². The minimum absolute atomic E-state index is 0.0943. The number of halogens is 1. The summed E-state index contributed by atoms with van der Waals surface area (Å²) >= 11 is 7.62. The summed E-state index contributed by atoms with van der Waals surface area (Å²) in [6.07, 6.45) is 1.59. The number of rotatable bonds is 8. The van der Waals surface area contributed by atoms with Crippen LogP contribution in [0.3, 0.4) is 0 Å². The number of benzene rings is 1. The lowest BCUT2D eigenvalue weighted by Gasteiger charge is -2.16. The van der Waals surface area contributed by atoms with E-state index in [9.17, 15) is 25.1 Å². The van der Waals surface area contributed by atoms with E-state index in [-0.39, 0.29) is 42.7 Å². The van der Waals surface area contributed by atoms with Crippen LogP contribution in [0.25, 0.3) is 32.2 Å². The minimum atomic E-state index is -1.05. The fourth-order valence-corrected chi connectivity index (χ4v) is 5.80. The number of thiophene rings is 1. The Morgan fingerprint density at radius 3 is 2.75 bits per heavy atom. The van der Waals surface area contributed by atoms with Gasteiger partial charge in [-0.25, -0.2) is 9.78 Å². The van der Waals surface area contributed by atoms with Gasteiger partial charge in [0.2, 0.25) is 0 Å². The normalized spacial score (nSPS) is 11.2. The molecule has 0 aliphatic carbocycles. The van der Waals surface area contributed by atoms with Crippen LogP contribution in [0.1, 0.15) is 33.1 Å². The fourth-order valence-electron chi connectivity index (χ4n) is 4.61. The zero-order valence-electron chi connectivity index (χ0n) is 21.4. The number of aromatic carboxylic acids is 1. The fraction of sp³-hybridized carbons (Fsp3) is 0.214. The maximum Gasteiger partial charge on any atom is 0.338 e. The number of fused-ring (bicyclic) bond motifs is 2. The number of aromatic nitrogens is 4. The first kappa shape index (κ1) is 27.2. The molecule has 0 saturated heterocycles. The lowest BCUT2D eigenvalue weighted by atomic mass is 10.0. The number of hydrogen-bond acceptors (Lipinski definition) is 9. The average Bonchev–Trinajstić information content (AvgIpc) is 3.35. The molecule has 0 bridgehead atoms. The molecule has 0 saturated carbocycles. The first-order valence-electron chi connectivity index (χ1n) is 12.2. The predicted octanol–water partition coefficient (Wildman–Crippen LogP) is 4.52.